The normalized spacial score (nSPS) is 16.8. The van der Waals surface area contributed by atoms with Crippen molar-refractivity contribution in [3.05, 3.63) is 65.7 Å². The third-order valence-electron chi connectivity index (χ3n) is 4.85. The Morgan fingerprint density at radius 2 is 1.62 bits per heavy atom. The Labute approximate surface area is 160 Å². The molecular formula is C21H23ClN2O2. The van der Waals surface area contributed by atoms with Crippen molar-refractivity contribution in [2.75, 3.05) is 44.2 Å². The van der Waals surface area contributed by atoms with E-state index in [0.717, 1.165) is 43.1 Å². The molecular weight excluding hydrogens is 348 g/mol. The summed E-state index contributed by atoms with van der Waals surface area (Å²) in [6.45, 7) is 4.57. The van der Waals surface area contributed by atoms with Crippen molar-refractivity contribution >= 4 is 30.0 Å². The summed E-state index contributed by atoms with van der Waals surface area (Å²) in [4.78, 5) is 17.2. The second-order valence-corrected chi connectivity index (χ2v) is 6.52. The highest BCUT2D eigenvalue weighted by Crippen LogP contribution is 2.26. The largest absolute Gasteiger partial charge is 0.488 e. The molecule has 4 nitrogen and oxygen atoms in total. The van der Waals surface area contributed by atoms with Gasteiger partial charge in [-0.15, -0.1) is 12.4 Å². The average Bonchev–Trinajstić information content (AvgIpc) is 2.69. The molecule has 4 rings (SSSR count). The van der Waals surface area contributed by atoms with Crippen molar-refractivity contribution < 1.29 is 9.53 Å². The Hall–Kier alpha value is -2.30. The van der Waals surface area contributed by atoms with Gasteiger partial charge < -0.3 is 9.64 Å². The Kier molecular flexibility index (Phi) is 5.96. The molecule has 0 bridgehead atoms. The highest BCUT2D eigenvalue weighted by molar-refractivity contribution is 6.02. The molecule has 0 saturated carbocycles. The lowest BCUT2D eigenvalue weighted by molar-refractivity contribution is -0.117. The first kappa shape index (κ1) is 18.5. The van der Waals surface area contributed by atoms with Gasteiger partial charge in [0.05, 0.1) is 6.54 Å². The first-order chi connectivity index (χ1) is 12.3. The molecule has 2 aromatic carbocycles. The van der Waals surface area contributed by atoms with Crippen LogP contribution >= 0.6 is 12.4 Å². The van der Waals surface area contributed by atoms with Crippen molar-refractivity contribution in [3.8, 4) is 5.75 Å². The van der Waals surface area contributed by atoms with Gasteiger partial charge in [-0.2, -0.15) is 0 Å². The number of rotatable bonds is 4. The maximum Gasteiger partial charge on any atom is 0.176 e. The fraction of sp³-hybridized carbons (Fsp3) is 0.286. The molecule has 2 aromatic rings. The average molecular weight is 371 g/mol. The first-order valence-corrected chi connectivity index (χ1v) is 8.77. The molecule has 0 aliphatic carbocycles. The predicted molar refractivity (Wildman–Crippen MR) is 107 cm³/mol. The van der Waals surface area contributed by atoms with Crippen LogP contribution in [0, 0.1) is 0 Å². The van der Waals surface area contributed by atoms with Gasteiger partial charge in [-0.05, 0) is 24.3 Å². The standard InChI is InChI=1S/C21H22N2O2.ClH/c24-20(18-14-17-6-4-5-9-21(17)25-16-18)15-22-10-12-23(13-11-22)19-7-2-1-3-8-19;/h1-9,14H,10-13,15-16H2;1H. The molecule has 1 saturated heterocycles. The molecule has 0 atom stereocenters. The number of fused-ring (bicyclic) bond motifs is 1. The summed E-state index contributed by atoms with van der Waals surface area (Å²) in [7, 11) is 0. The van der Waals surface area contributed by atoms with Gasteiger partial charge in [0.25, 0.3) is 0 Å². The van der Waals surface area contributed by atoms with E-state index in [1.54, 1.807) is 0 Å². The van der Waals surface area contributed by atoms with Crippen molar-refractivity contribution in [2.45, 2.75) is 0 Å². The smallest absolute Gasteiger partial charge is 0.176 e. The summed E-state index contributed by atoms with van der Waals surface area (Å²) in [5, 5.41) is 0. The van der Waals surface area contributed by atoms with Crippen molar-refractivity contribution in [1.82, 2.24) is 4.90 Å². The van der Waals surface area contributed by atoms with Crippen LogP contribution in [0.15, 0.2) is 60.2 Å². The van der Waals surface area contributed by atoms with Crippen molar-refractivity contribution in [2.24, 2.45) is 0 Å². The third-order valence-corrected chi connectivity index (χ3v) is 4.85. The second kappa shape index (κ2) is 8.39. The zero-order chi connectivity index (χ0) is 17.1. The van der Waals surface area contributed by atoms with Gasteiger partial charge >= 0.3 is 0 Å². The molecule has 0 N–H and O–H groups in total. The first-order valence-electron chi connectivity index (χ1n) is 8.77. The number of para-hydroxylation sites is 2. The van der Waals surface area contributed by atoms with E-state index < -0.39 is 0 Å². The van der Waals surface area contributed by atoms with Crippen LogP contribution in [0.25, 0.3) is 6.08 Å². The monoisotopic (exact) mass is 370 g/mol. The van der Waals surface area contributed by atoms with Crippen LogP contribution < -0.4 is 9.64 Å². The lowest BCUT2D eigenvalue weighted by atomic mass is 10.0. The zero-order valence-electron chi connectivity index (χ0n) is 14.6. The minimum atomic E-state index is 0. The summed E-state index contributed by atoms with van der Waals surface area (Å²) in [6, 6.07) is 18.3. The maximum absolute atomic E-state index is 12.6. The molecule has 2 aliphatic heterocycles. The quantitative estimate of drug-likeness (QED) is 0.827. The molecule has 0 aromatic heterocycles. The number of Topliss-reactive ketones (excluding diaryl/α,β-unsaturated/α-hetero) is 1. The Balaban J connectivity index is 0.00000196. The number of ketones is 1. The number of ether oxygens (including phenoxy) is 1. The van der Waals surface area contributed by atoms with Gasteiger partial charge in [0.1, 0.15) is 12.4 Å². The minimum absolute atomic E-state index is 0. The highest BCUT2D eigenvalue weighted by atomic mass is 35.5. The number of hydrogen-bond donors (Lipinski definition) is 0. The van der Waals surface area contributed by atoms with Gasteiger partial charge in [0.15, 0.2) is 5.78 Å². The molecule has 0 spiro atoms. The summed E-state index contributed by atoms with van der Waals surface area (Å²) in [5.41, 5.74) is 3.02. The molecule has 0 unspecified atom stereocenters. The van der Waals surface area contributed by atoms with Gasteiger partial charge in [-0.25, -0.2) is 0 Å². The molecule has 5 heteroatoms. The van der Waals surface area contributed by atoms with E-state index in [9.17, 15) is 4.79 Å². The van der Waals surface area contributed by atoms with Crippen LogP contribution in [0.3, 0.4) is 0 Å². The van der Waals surface area contributed by atoms with Crippen LogP contribution in [-0.2, 0) is 4.79 Å². The Bertz CT molecular complexity index is 784. The van der Waals surface area contributed by atoms with Crippen LogP contribution in [0.2, 0.25) is 0 Å². The topological polar surface area (TPSA) is 32.8 Å². The number of anilines is 1. The molecule has 1 fully saturated rings. The van der Waals surface area contributed by atoms with E-state index in [1.165, 1.54) is 5.69 Å². The Morgan fingerprint density at radius 1 is 0.923 bits per heavy atom. The number of carbonyl (C=O) groups is 1. The SMILES string of the molecule is Cl.O=C(CN1CCN(c2ccccc2)CC1)C1=Cc2ccccc2OC1. The van der Waals surface area contributed by atoms with Crippen molar-refractivity contribution in [3.63, 3.8) is 0 Å². The van der Waals surface area contributed by atoms with Gasteiger partial charge in [0.2, 0.25) is 0 Å². The predicted octanol–water partition coefficient (Wildman–Crippen LogP) is 3.28. The molecule has 2 aliphatic rings. The lowest BCUT2D eigenvalue weighted by Gasteiger charge is -2.36. The number of piperazine rings is 1. The number of benzene rings is 2. The van der Waals surface area contributed by atoms with E-state index >= 15 is 0 Å². The van der Waals surface area contributed by atoms with Gasteiger partial charge in [0, 0.05) is 43.0 Å². The molecule has 0 radical (unpaired) electrons. The highest BCUT2D eigenvalue weighted by Gasteiger charge is 2.22. The fourth-order valence-electron chi connectivity index (χ4n) is 3.38. The van der Waals surface area contributed by atoms with Gasteiger partial charge in [-0.1, -0.05) is 36.4 Å². The van der Waals surface area contributed by atoms with Gasteiger partial charge in [-0.3, -0.25) is 9.69 Å². The van der Waals surface area contributed by atoms with E-state index in [0.29, 0.717) is 13.2 Å². The number of nitrogens with zero attached hydrogens (tertiary/aromatic N) is 2. The summed E-state index contributed by atoms with van der Waals surface area (Å²) >= 11 is 0. The van der Waals surface area contributed by atoms with Crippen molar-refractivity contribution in [1.29, 1.82) is 0 Å². The van der Waals surface area contributed by atoms with E-state index in [4.69, 9.17) is 4.74 Å². The van der Waals surface area contributed by atoms with Crippen LogP contribution in [0.1, 0.15) is 5.56 Å². The van der Waals surface area contributed by atoms with Crippen LogP contribution in [-0.4, -0.2) is 50.0 Å². The fourth-order valence-corrected chi connectivity index (χ4v) is 3.38. The Morgan fingerprint density at radius 3 is 2.38 bits per heavy atom. The molecule has 2 heterocycles. The number of hydrogen-bond acceptors (Lipinski definition) is 4. The van der Waals surface area contributed by atoms with Crippen LogP contribution in [0.5, 0.6) is 5.75 Å². The van der Waals surface area contributed by atoms with E-state index in [-0.39, 0.29) is 18.2 Å². The lowest BCUT2D eigenvalue weighted by Crippen LogP contribution is -2.48. The summed E-state index contributed by atoms with van der Waals surface area (Å²) in [6.07, 6.45) is 1.97. The molecule has 136 valence electrons. The van der Waals surface area contributed by atoms with E-state index in [2.05, 4.69) is 34.1 Å². The minimum Gasteiger partial charge on any atom is -0.488 e. The molecule has 26 heavy (non-hydrogen) atoms. The summed E-state index contributed by atoms with van der Waals surface area (Å²) in [5.74, 6) is 1.03. The number of carbonyl (C=O) groups excluding carboxylic acids is 1. The second-order valence-electron chi connectivity index (χ2n) is 6.52. The molecule has 0 amide bonds. The zero-order valence-corrected chi connectivity index (χ0v) is 15.5. The third kappa shape index (κ3) is 4.09. The van der Waals surface area contributed by atoms with Crippen LogP contribution in [0.4, 0.5) is 5.69 Å². The van der Waals surface area contributed by atoms with E-state index in [1.807, 2.05) is 36.4 Å². The number of halogens is 1. The summed E-state index contributed by atoms with van der Waals surface area (Å²) < 4.78 is 5.71. The maximum atomic E-state index is 12.6.